The number of amides is 1. The lowest BCUT2D eigenvalue weighted by Crippen LogP contribution is -2.26. The molecule has 0 spiro atoms. The van der Waals surface area contributed by atoms with Gasteiger partial charge in [0.15, 0.2) is 0 Å². The van der Waals surface area contributed by atoms with Crippen LogP contribution in [0.25, 0.3) is 0 Å². The molecule has 104 valence electrons. The number of allylic oxidation sites excluding steroid dienone is 2. The Labute approximate surface area is 121 Å². The number of benzene rings is 1. The zero-order valence-electron chi connectivity index (χ0n) is 10.7. The van der Waals surface area contributed by atoms with Crippen LogP contribution in [0.2, 0.25) is 5.02 Å². The molecule has 0 saturated heterocycles. The highest BCUT2D eigenvalue weighted by Gasteiger charge is 2.39. The maximum absolute atomic E-state index is 12.3. The number of carboxylic acids is 1. The molecule has 0 heterocycles. The van der Waals surface area contributed by atoms with Crippen LogP contribution >= 0.6 is 11.6 Å². The number of halogens is 1. The summed E-state index contributed by atoms with van der Waals surface area (Å²) in [7, 11) is 0. The van der Waals surface area contributed by atoms with Crippen LogP contribution in [0.15, 0.2) is 30.4 Å². The second-order valence-corrected chi connectivity index (χ2v) is 5.85. The van der Waals surface area contributed by atoms with Crippen LogP contribution in [0.3, 0.4) is 0 Å². The molecule has 3 rings (SSSR count). The topological polar surface area (TPSA) is 66.4 Å². The Bertz CT molecular complexity index is 611. The lowest BCUT2D eigenvalue weighted by molar-refractivity contribution is -0.120. The molecule has 1 amide bonds. The van der Waals surface area contributed by atoms with E-state index in [-0.39, 0.29) is 17.4 Å². The molecule has 3 unspecified atom stereocenters. The normalized spacial score (nSPS) is 26.8. The summed E-state index contributed by atoms with van der Waals surface area (Å²) in [5, 5.41) is 12.1. The Morgan fingerprint density at radius 3 is 2.60 bits per heavy atom. The fourth-order valence-electron chi connectivity index (χ4n) is 3.10. The van der Waals surface area contributed by atoms with Crippen molar-refractivity contribution in [3.63, 3.8) is 0 Å². The van der Waals surface area contributed by atoms with E-state index in [1.165, 1.54) is 12.1 Å². The van der Waals surface area contributed by atoms with Crippen LogP contribution in [0.1, 0.15) is 23.2 Å². The molecule has 20 heavy (non-hydrogen) atoms. The number of aromatic carboxylic acids is 1. The summed E-state index contributed by atoms with van der Waals surface area (Å²) in [5.41, 5.74) is 0.507. The van der Waals surface area contributed by atoms with E-state index >= 15 is 0 Å². The first-order valence-electron chi connectivity index (χ1n) is 6.56. The van der Waals surface area contributed by atoms with Crippen molar-refractivity contribution in [1.82, 2.24) is 0 Å². The average molecular weight is 292 g/mol. The van der Waals surface area contributed by atoms with Gasteiger partial charge in [-0.05, 0) is 42.9 Å². The van der Waals surface area contributed by atoms with Gasteiger partial charge in [0.2, 0.25) is 5.91 Å². The first-order valence-corrected chi connectivity index (χ1v) is 6.94. The van der Waals surface area contributed by atoms with E-state index in [1.54, 1.807) is 6.07 Å². The molecule has 1 fully saturated rings. The maximum atomic E-state index is 12.3. The zero-order chi connectivity index (χ0) is 14.3. The molecular formula is C15H14ClNO3. The van der Waals surface area contributed by atoms with Crippen molar-refractivity contribution in [2.75, 3.05) is 5.32 Å². The summed E-state index contributed by atoms with van der Waals surface area (Å²) in [6.45, 7) is 0. The van der Waals surface area contributed by atoms with Gasteiger partial charge in [-0.25, -0.2) is 4.79 Å². The van der Waals surface area contributed by atoms with Gasteiger partial charge in [0.05, 0.1) is 5.56 Å². The second-order valence-electron chi connectivity index (χ2n) is 5.41. The largest absolute Gasteiger partial charge is 0.478 e. The van der Waals surface area contributed by atoms with Gasteiger partial charge in [-0.3, -0.25) is 4.79 Å². The molecule has 2 bridgehead atoms. The van der Waals surface area contributed by atoms with Crippen molar-refractivity contribution in [2.45, 2.75) is 12.8 Å². The minimum absolute atomic E-state index is 0.0164. The third-order valence-corrected chi connectivity index (χ3v) is 4.25. The Morgan fingerprint density at radius 1 is 1.20 bits per heavy atom. The van der Waals surface area contributed by atoms with E-state index < -0.39 is 5.97 Å². The quantitative estimate of drug-likeness (QED) is 0.841. The molecule has 1 aromatic carbocycles. The molecule has 0 aromatic heterocycles. The van der Waals surface area contributed by atoms with Crippen LogP contribution in [0, 0.1) is 17.8 Å². The van der Waals surface area contributed by atoms with E-state index in [9.17, 15) is 9.59 Å². The number of rotatable bonds is 3. The lowest BCUT2D eigenvalue weighted by atomic mass is 9.93. The predicted molar refractivity (Wildman–Crippen MR) is 75.9 cm³/mol. The number of anilines is 1. The number of hydrogen-bond donors (Lipinski definition) is 2. The maximum Gasteiger partial charge on any atom is 0.335 e. The number of carbonyl (C=O) groups excluding carboxylic acids is 1. The minimum atomic E-state index is -1.06. The van der Waals surface area contributed by atoms with Crippen LogP contribution in [-0.2, 0) is 4.79 Å². The Morgan fingerprint density at radius 2 is 2.00 bits per heavy atom. The summed E-state index contributed by atoms with van der Waals surface area (Å²) in [6, 6.07) is 4.35. The first-order chi connectivity index (χ1) is 9.52. The molecule has 3 atom stereocenters. The van der Waals surface area contributed by atoms with Crippen molar-refractivity contribution in [1.29, 1.82) is 0 Å². The summed E-state index contributed by atoms with van der Waals surface area (Å²) in [6.07, 6.45) is 6.21. The fourth-order valence-corrected chi connectivity index (χ4v) is 3.34. The van der Waals surface area contributed by atoms with Crippen LogP contribution in [0.5, 0.6) is 0 Å². The minimum Gasteiger partial charge on any atom is -0.478 e. The molecule has 4 nitrogen and oxygen atoms in total. The number of fused-ring (bicyclic) bond motifs is 2. The Hall–Kier alpha value is -1.81. The van der Waals surface area contributed by atoms with Gasteiger partial charge in [0.25, 0.3) is 0 Å². The van der Waals surface area contributed by atoms with Crippen molar-refractivity contribution in [3.05, 3.63) is 40.9 Å². The molecule has 1 aromatic rings. The van der Waals surface area contributed by atoms with Gasteiger partial charge in [0.1, 0.15) is 0 Å². The molecule has 2 aliphatic rings. The fraction of sp³-hybridized carbons (Fsp3) is 0.333. The smallest absolute Gasteiger partial charge is 0.335 e. The van der Waals surface area contributed by atoms with Gasteiger partial charge in [-0.15, -0.1) is 0 Å². The van der Waals surface area contributed by atoms with Crippen LogP contribution in [0.4, 0.5) is 5.69 Å². The lowest BCUT2D eigenvalue weighted by Gasteiger charge is -2.17. The summed E-state index contributed by atoms with van der Waals surface area (Å²) in [4.78, 5) is 23.2. The number of carboxylic acid groups (broad SMARTS) is 1. The first kappa shape index (κ1) is 13.2. The molecule has 1 saturated carbocycles. The van der Waals surface area contributed by atoms with E-state index in [0.717, 1.165) is 12.8 Å². The van der Waals surface area contributed by atoms with Gasteiger partial charge < -0.3 is 10.4 Å². The zero-order valence-corrected chi connectivity index (χ0v) is 11.4. The third kappa shape index (κ3) is 2.43. The molecular weight excluding hydrogens is 278 g/mol. The summed E-state index contributed by atoms with van der Waals surface area (Å²) in [5.74, 6) is -0.300. The van der Waals surface area contributed by atoms with Crippen LogP contribution in [-0.4, -0.2) is 17.0 Å². The number of carbonyl (C=O) groups is 2. The highest BCUT2D eigenvalue weighted by Crippen LogP contribution is 2.43. The van der Waals surface area contributed by atoms with Gasteiger partial charge in [0, 0.05) is 16.6 Å². The van der Waals surface area contributed by atoms with Gasteiger partial charge >= 0.3 is 5.97 Å². The molecule has 5 heteroatoms. The Balaban J connectivity index is 1.76. The van der Waals surface area contributed by atoms with Crippen molar-refractivity contribution in [2.24, 2.45) is 17.8 Å². The molecule has 2 N–H and O–H groups in total. The van der Waals surface area contributed by atoms with E-state index in [0.29, 0.717) is 22.5 Å². The average Bonchev–Trinajstić information content (AvgIpc) is 3.00. The number of hydrogen-bond acceptors (Lipinski definition) is 2. The van der Waals surface area contributed by atoms with Crippen molar-refractivity contribution >= 4 is 29.2 Å². The highest BCUT2D eigenvalue weighted by molar-refractivity contribution is 6.31. The molecule has 2 aliphatic carbocycles. The van der Waals surface area contributed by atoms with Crippen LogP contribution < -0.4 is 5.32 Å². The third-order valence-electron chi connectivity index (χ3n) is 4.03. The highest BCUT2D eigenvalue weighted by atomic mass is 35.5. The Kier molecular flexibility index (Phi) is 3.26. The molecule has 0 radical (unpaired) electrons. The standard InChI is InChI=1S/C15H14ClNO3/c16-11-5-10(15(19)20)6-12(7-11)17-14(18)13-4-8-1-2-9(13)3-8/h1-2,5-9,13H,3-4H2,(H,17,18)(H,19,20). The van der Waals surface area contributed by atoms with Gasteiger partial charge in [-0.1, -0.05) is 23.8 Å². The predicted octanol–water partition coefficient (Wildman–Crippen LogP) is 3.19. The second kappa shape index (κ2) is 4.94. The summed E-state index contributed by atoms with van der Waals surface area (Å²) >= 11 is 5.87. The SMILES string of the molecule is O=C(O)c1cc(Cl)cc(NC(=O)C2CC3C=CC2C3)c1. The monoisotopic (exact) mass is 291 g/mol. The van der Waals surface area contributed by atoms with Crippen molar-refractivity contribution < 1.29 is 14.7 Å². The summed E-state index contributed by atoms with van der Waals surface area (Å²) < 4.78 is 0. The van der Waals surface area contributed by atoms with Gasteiger partial charge in [-0.2, -0.15) is 0 Å². The van der Waals surface area contributed by atoms with E-state index in [4.69, 9.17) is 16.7 Å². The van der Waals surface area contributed by atoms with Crippen molar-refractivity contribution in [3.8, 4) is 0 Å². The van der Waals surface area contributed by atoms with E-state index in [2.05, 4.69) is 17.5 Å². The van der Waals surface area contributed by atoms with E-state index in [1.807, 2.05) is 0 Å². The molecule has 0 aliphatic heterocycles. The number of nitrogens with one attached hydrogen (secondary N) is 1.